The van der Waals surface area contributed by atoms with Crippen LogP contribution in [-0.2, 0) is 9.53 Å². The molecule has 1 aromatic carbocycles. The highest BCUT2D eigenvalue weighted by Gasteiger charge is 2.33. The summed E-state index contributed by atoms with van der Waals surface area (Å²) in [7, 11) is 3.21. The predicted molar refractivity (Wildman–Crippen MR) is 103 cm³/mol. The Balaban J connectivity index is 2.11. The van der Waals surface area contributed by atoms with E-state index >= 15 is 0 Å². The van der Waals surface area contributed by atoms with Crippen LogP contribution in [0.3, 0.4) is 0 Å². The molecule has 0 aromatic heterocycles. The van der Waals surface area contributed by atoms with E-state index in [2.05, 4.69) is 15.9 Å². The lowest BCUT2D eigenvalue weighted by Crippen LogP contribution is -2.42. The van der Waals surface area contributed by atoms with E-state index in [0.717, 1.165) is 28.6 Å². The molecule has 0 spiro atoms. The summed E-state index contributed by atoms with van der Waals surface area (Å²) in [5, 5.41) is 0. The molecule has 144 valence electrons. The van der Waals surface area contributed by atoms with Gasteiger partial charge in [-0.3, -0.25) is 4.79 Å². The van der Waals surface area contributed by atoms with E-state index in [9.17, 15) is 9.59 Å². The smallest absolute Gasteiger partial charge is 0.410 e. The number of carbonyl (C=O) groups is 2. The maximum Gasteiger partial charge on any atom is 0.410 e. The van der Waals surface area contributed by atoms with Gasteiger partial charge in [0.1, 0.15) is 17.9 Å². The zero-order valence-electron chi connectivity index (χ0n) is 16.0. The van der Waals surface area contributed by atoms with Gasteiger partial charge < -0.3 is 19.3 Å². The Kier molecular flexibility index (Phi) is 6.55. The molecule has 0 N–H and O–H groups in total. The van der Waals surface area contributed by atoms with Gasteiger partial charge in [0, 0.05) is 23.6 Å². The molecule has 0 radical (unpaired) electrons. The van der Waals surface area contributed by atoms with Gasteiger partial charge in [-0.2, -0.15) is 0 Å². The highest BCUT2D eigenvalue weighted by molar-refractivity contribution is 9.10. The van der Waals surface area contributed by atoms with E-state index in [1.165, 1.54) is 4.90 Å². The predicted octanol–water partition coefficient (Wildman–Crippen LogP) is 3.99. The lowest BCUT2D eigenvalue weighted by molar-refractivity contribution is -0.133. The Morgan fingerprint density at radius 3 is 2.65 bits per heavy atom. The molecule has 0 aliphatic carbocycles. The summed E-state index contributed by atoms with van der Waals surface area (Å²) < 4.78 is 11.7. The van der Waals surface area contributed by atoms with E-state index in [-0.39, 0.29) is 18.5 Å². The maximum atomic E-state index is 12.8. The average molecular weight is 427 g/mol. The quantitative estimate of drug-likeness (QED) is 0.729. The molecule has 1 saturated heterocycles. The van der Waals surface area contributed by atoms with Crippen LogP contribution in [0.15, 0.2) is 22.7 Å². The third-order valence-electron chi connectivity index (χ3n) is 4.20. The maximum absolute atomic E-state index is 12.8. The minimum absolute atomic E-state index is 0.0122. The monoisotopic (exact) mass is 426 g/mol. The standard InChI is InChI=1S/C19H27BrN2O4/c1-19(2,3)26-18(24)21(4)12-17(23)22-10-6-7-15(22)14-11-13(20)8-9-16(14)25-5/h8-9,11,15H,6-7,10,12H2,1-5H3. The number of carbonyl (C=O) groups excluding carboxylic acids is 2. The molecule has 7 heteroatoms. The lowest BCUT2D eigenvalue weighted by atomic mass is 10.0. The summed E-state index contributed by atoms with van der Waals surface area (Å²) in [6.45, 7) is 6.06. The van der Waals surface area contributed by atoms with Gasteiger partial charge in [-0.1, -0.05) is 15.9 Å². The van der Waals surface area contributed by atoms with Crippen LogP contribution in [0.4, 0.5) is 4.79 Å². The fraction of sp³-hybridized carbons (Fsp3) is 0.579. The fourth-order valence-electron chi connectivity index (χ4n) is 3.05. The second-order valence-electron chi connectivity index (χ2n) is 7.47. The van der Waals surface area contributed by atoms with Crippen molar-refractivity contribution in [2.24, 2.45) is 0 Å². The van der Waals surface area contributed by atoms with Gasteiger partial charge in [0.05, 0.1) is 13.2 Å². The average Bonchev–Trinajstić information content (AvgIpc) is 3.02. The van der Waals surface area contributed by atoms with Crippen molar-refractivity contribution >= 4 is 27.9 Å². The zero-order valence-corrected chi connectivity index (χ0v) is 17.6. The summed E-state index contributed by atoms with van der Waals surface area (Å²) >= 11 is 3.49. The number of amides is 2. The van der Waals surface area contributed by atoms with Crippen molar-refractivity contribution in [2.75, 3.05) is 27.2 Å². The van der Waals surface area contributed by atoms with Crippen LogP contribution in [0.25, 0.3) is 0 Å². The molecule has 0 bridgehead atoms. The molecule has 2 amide bonds. The Morgan fingerprint density at radius 1 is 1.35 bits per heavy atom. The molecular weight excluding hydrogens is 400 g/mol. The van der Waals surface area contributed by atoms with E-state index in [4.69, 9.17) is 9.47 Å². The van der Waals surface area contributed by atoms with E-state index < -0.39 is 11.7 Å². The first-order valence-corrected chi connectivity index (χ1v) is 9.48. The highest BCUT2D eigenvalue weighted by Crippen LogP contribution is 2.38. The number of ether oxygens (including phenoxy) is 2. The molecule has 1 heterocycles. The summed E-state index contributed by atoms with van der Waals surface area (Å²) in [5.41, 5.74) is 0.390. The van der Waals surface area contributed by atoms with Gasteiger partial charge >= 0.3 is 6.09 Å². The van der Waals surface area contributed by atoms with Crippen molar-refractivity contribution in [1.82, 2.24) is 9.80 Å². The SMILES string of the molecule is COc1ccc(Br)cc1C1CCCN1C(=O)CN(C)C(=O)OC(C)(C)C. The van der Waals surface area contributed by atoms with Crippen molar-refractivity contribution in [3.05, 3.63) is 28.2 Å². The van der Waals surface area contributed by atoms with Gasteiger partial charge in [0.25, 0.3) is 0 Å². The first kappa shape index (κ1) is 20.6. The molecular formula is C19H27BrN2O4. The van der Waals surface area contributed by atoms with Crippen LogP contribution < -0.4 is 4.74 Å². The molecule has 1 aliphatic heterocycles. The van der Waals surface area contributed by atoms with Crippen LogP contribution in [0.5, 0.6) is 5.75 Å². The second-order valence-corrected chi connectivity index (χ2v) is 8.38. The highest BCUT2D eigenvalue weighted by atomic mass is 79.9. The van der Waals surface area contributed by atoms with Crippen molar-refractivity contribution in [1.29, 1.82) is 0 Å². The topological polar surface area (TPSA) is 59.1 Å². The van der Waals surface area contributed by atoms with Gasteiger partial charge in [0.15, 0.2) is 0 Å². The number of likely N-dealkylation sites (N-methyl/N-ethyl adjacent to an activating group) is 1. The summed E-state index contributed by atoms with van der Waals surface area (Å²) in [6, 6.07) is 5.75. The molecule has 2 rings (SSSR count). The Morgan fingerprint density at radius 2 is 2.04 bits per heavy atom. The summed E-state index contributed by atoms with van der Waals surface area (Å²) in [6.07, 6.45) is 1.29. The molecule has 1 fully saturated rings. The normalized spacial score (nSPS) is 17.2. The Hall–Kier alpha value is -1.76. The van der Waals surface area contributed by atoms with Crippen LogP contribution in [0, 0.1) is 0 Å². The largest absolute Gasteiger partial charge is 0.496 e. The van der Waals surface area contributed by atoms with Crippen molar-refractivity contribution < 1.29 is 19.1 Å². The molecule has 26 heavy (non-hydrogen) atoms. The number of rotatable bonds is 4. The van der Waals surface area contributed by atoms with Crippen molar-refractivity contribution in [3.8, 4) is 5.75 Å². The fourth-order valence-corrected chi connectivity index (χ4v) is 3.43. The van der Waals surface area contributed by atoms with Crippen molar-refractivity contribution in [2.45, 2.75) is 45.3 Å². The number of hydrogen-bond donors (Lipinski definition) is 0. The van der Waals surface area contributed by atoms with Crippen LogP contribution in [0.2, 0.25) is 0 Å². The second kappa shape index (κ2) is 8.29. The molecule has 6 nitrogen and oxygen atoms in total. The van der Waals surface area contributed by atoms with Gasteiger partial charge in [0.2, 0.25) is 5.91 Å². The van der Waals surface area contributed by atoms with Crippen LogP contribution in [0.1, 0.15) is 45.2 Å². The third-order valence-corrected chi connectivity index (χ3v) is 4.69. The van der Waals surface area contributed by atoms with E-state index in [1.54, 1.807) is 34.9 Å². The molecule has 1 aromatic rings. The van der Waals surface area contributed by atoms with Gasteiger partial charge in [-0.15, -0.1) is 0 Å². The van der Waals surface area contributed by atoms with Crippen LogP contribution in [-0.4, -0.2) is 54.6 Å². The molecule has 1 atom stereocenters. The minimum atomic E-state index is -0.589. The number of hydrogen-bond acceptors (Lipinski definition) is 4. The number of nitrogens with zero attached hydrogens (tertiary/aromatic N) is 2. The number of likely N-dealkylation sites (tertiary alicyclic amines) is 1. The Bertz CT molecular complexity index is 672. The molecule has 1 aliphatic rings. The van der Waals surface area contributed by atoms with E-state index in [1.807, 2.05) is 23.1 Å². The molecule has 0 saturated carbocycles. The van der Waals surface area contributed by atoms with Gasteiger partial charge in [-0.05, 0) is 51.8 Å². The summed E-state index contributed by atoms with van der Waals surface area (Å²) in [4.78, 5) is 28.1. The van der Waals surface area contributed by atoms with Gasteiger partial charge in [-0.25, -0.2) is 4.79 Å². The molecule has 1 unspecified atom stereocenters. The zero-order chi connectivity index (χ0) is 19.5. The van der Waals surface area contributed by atoms with Crippen molar-refractivity contribution in [3.63, 3.8) is 0 Å². The van der Waals surface area contributed by atoms with Crippen LogP contribution >= 0.6 is 15.9 Å². The Labute approximate surface area is 163 Å². The first-order chi connectivity index (χ1) is 12.1. The number of benzene rings is 1. The lowest BCUT2D eigenvalue weighted by Gasteiger charge is -2.29. The number of halogens is 1. The van der Waals surface area contributed by atoms with E-state index in [0.29, 0.717) is 6.54 Å². The first-order valence-electron chi connectivity index (χ1n) is 8.69. The minimum Gasteiger partial charge on any atom is -0.496 e. The summed E-state index contributed by atoms with van der Waals surface area (Å²) in [5.74, 6) is 0.668. The number of methoxy groups -OCH3 is 1. The third kappa shape index (κ3) is 5.13.